The summed E-state index contributed by atoms with van der Waals surface area (Å²) in [6.07, 6.45) is 1.59. The van der Waals surface area contributed by atoms with Crippen LogP contribution in [-0.2, 0) is 22.6 Å². The van der Waals surface area contributed by atoms with E-state index in [1.54, 1.807) is 9.80 Å². The smallest absolute Gasteiger partial charge is 0.242 e. The molecule has 0 aliphatic carbocycles. The van der Waals surface area contributed by atoms with E-state index in [0.29, 0.717) is 19.6 Å². The van der Waals surface area contributed by atoms with E-state index in [-0.39, 0.29) is 24.3 Å². The summed E-state index contributed by atoms with van der Waals surface area (Å²) in [7, 11) is 0. The Hall–Kier alpha value is -2.56. The van der Waals surface area contributed by atoms with Crippen LogP contribution in [0.15, 0.2) is 46.9 Å². The third kappa shape index (κ3) is 6.55. The van der Waals surface area contributed by atoms with Crippen LogP contribution in [-0.4, -0.2) is 41.2 Å². The highest BCUT2D eigenvalue weighted by Gasteiger charge is 2.23. The van der Waals surface area contributed by atoms with Crippen LogP contribution in [0, 0.1) is 12.8 Å². The largest absolute Gasteiger partial charge is 0.464 e. The molecule has 2 aromatic rings. The first-order valence-electron chi connectivity index (χ1n) is 10.1. The minimum atomic E-state index is -0.121. The van der Waals surface area contributed by atoms with Gasteiger partial charge in [-0.05, 0) is 37.5 Å². The van der Waals surface area contributed by atoms with E-state index >= 15 is 0 Å². The Bertz CT molecular complexity index is 752. The van der Waals surface area contributed by atoms with E-state index in [1.165, 1.54) is 5.56 Å². The first-order chi connectivity index (χ1) is 13.4. The maximum absolute atomic E-state index is 13.1. The molecule has 2 rings (SSSR count). The highest BCUT2D eigenvalue weighted by atomic mass is 16.3. The van der Waals surface area contributed by atoms with Gasteiger partial charge < -0.3 is 14.2 Å². The molecular weight excluding hydrogens is 352 g/mol. The zero-order valence-electron chi connectivity index (χ0n) is 17.5. The lowest BCUT2D eigenvalue weighted by Crippen LogP contribution is -2.44. The fourth-order valence-corrected chi connectivity index (χ4v) is 3.12. The standard InChI is InChI=1S/C23H32N2O3/c1-5-14-25(23(27)18(2)3)17-22(26)24(16-21-12-11-19(4)28-21)15-13-20-9-7-6-8-10-20/h6-12,18H,5,13-17H2,1-4H3. The monoisotopic (exact) mass is 384 g/mol. The summed E-state index contributed by atoms with van der Waals surface area (Å²) >= 11 is 0. The van der Waals surface area contributed by atoms with Crippen molar-refractivity contribution in [3.63, 3.8) is 0 Å². The Kier molecular flexibility index (Phi) is 8.30. The van der Waals surface area contributed by atoms with Gasteiger partial charge in [0.05, 0.1) is 13.1 Å². The third-order valence-electron chi connectivity index (χ3n) is 4.63. The highest BCUT2D eigenvalue weighted by molar-refractivity contribution is 5.85. The van der Waals surface area contributed by atoms with Crippen LogP contribution in [0.5, 0.6) is 0 Å². The van der Waals surface area contributed by atoms with Gasteiger partial charge in [0.1, 0.15) is 11.5 Å². The second-order valence-corrected chi connectivity index (χ2v) is 7.48. The summed E-state index contributed by atoms with van der Waals surface area (Å²) in [6.45, 7) is 9.35. The minimum Gasteiger partial charge on any atom is -0.464 e. The maximum atomic E-state index is 13.1. The number of aryl methyl sites for hydroxylation is 1. The van der Waals surface area contributed by atoms with Crippen molar-refractivity contribution in [1.29, 1.82) is 0 Å². The predicted octanol–water partition coefficient (Wildman–Crippen LogP) is 4.05. The number of benzene rings is 1. The van der Waals surface area contributed by atoms with Crippen molar-refractivity contribution in [1.82, 2.24) is 9.80 Å². The van der Waals surface area contributed by atoms with Crippen molar-refractivity contribution in [2.75, 3.05) is 19.6 Å². The second kappa shape index (κ2) is 10.7. The molecule has 0 bridgehead atoms. The lowest BCUT2D eigenvalue weighted by Gasteiger charge is -2.28. The Morgan fingerprint density at radius 1 is 1.00 bits per heavy atom. The number of nitrogens with zero attached hydrogens (tertiary/aromatic N) is 2. The van der Waals surface area contributed by atoms with Crippen molar-refractivity contribution in [2.24, 2.45) is 5.92 Å². The fraction of sp³-hybridized carbons (Fsp3) is 0.478. The lowest BCUT2D eigenvalue weighted by atomic mass is 10.1. The van der Waals surface area contributed by atoms with Crippen LogP contribution in [0.25, 0.3) is 0 Å². The molecule has 0 fully saturated rings. The molecule has 0 unspecified atom stereocenters. The summed E-state index contributed by atoms with van der Waals surface area (Å²) < 4.78 is 5.68. The molecule has 152 valence electrons. The van der Waals surface area contributed by atoms with Gasteiger partial charge in [0.2, 0.25) is 11.8 Å². The van der Waals surface area contributed by atoms with Gasteiger partial charge in [-0.2, -0.15) is 0 Å². The molecule has 0 saturated carbocycles. The minimum absolute atomic E-state index is 0.0204. The molecule has 0 N–H and O–H groups in total. The number of hydrogen-bond acceptors (Lipinski definition) is 3. The number of rotatable bonds is 10. The van der Waals surface area contributed by atoms with E-state index in [9.17, 15) is 9.59 Å². The third-order valence-corrected chi connectivity index (χ3v) is 4.63. The molecule has 0 spiro atoms. The van der Waals surface area contributed by atoms with Crippen molar-refractivity contribution < 1.29 is 14.0 Å². The number of carbonyl (C=O) groups excluding carboxylic acids is 2. The van der Waals surface area contributed by atoms with Crippen LogP contribution in [0.4, 0.5) is 0 Å². The predicted molar refractivity (Wildman–Crippen MR) is 111 cm³/mol. The molecule has 1 aromatic heterocycles. The van der Waals surface area contributed by atoms with Gasteiger partial charge in [0.15, 0.2) is 0 Å². The average Bonchev–Trinajstić information content (AvgIpc) is 3.09. The molecule has 0 atom stereocenters. The Morgan fingerprint density at radius 2 is 1.71 bits per heavy atom. The van der Waals surface area contributed by atoms with E-state index < -0.39 is 0 Å². The molecule has 1 heterocycles. The molecule has 28 heavy (non-hydrogen) atoms. The summed E-state index contributed by atoms with van der Waals surface area (Å²) in [4.78, 5) is 29.0. The number of amides is 2. The van der Waals surface area contributed by atoms with Crippen LogP contribution >= 0.6 is 0 Å². The normalized spacial score (nSPS) is 10.9. The quantitative estimate of drug-likeness (QED) is 0.621. The summed E-state index contributed by atoms with van der Waals surface area (Å²) in [5.41, 5.74) is 1.18. The van der Waals surface area contributed by atoms with Crippen LogP contribution in [0.3, 0.4) is 0 Å². The van der Waals surface area contributed by atoms with Gasteiger partial charge in [-0.15, -0.1) is 0 Å². The van der Waals surface area contributed by atoms with Crippen molar-refractivity contribution in [3.8, 4) is 0 Å². The molecular formula is C23H32N2O3. The number of carbonyl (C=O) groups is 2. The Balaban J connectivity index is 2.10. The number of hydrogen-bond donors (Lipinski definition) is 0. The summed E-state index contributed by atoms with van der Waals surface area (Å²) in [5, 5.41) is 0. The van der Waals surface area contributed by atoms with E-state index in [0.717, 1.165) is 24.4 Å². The van der Waals surface area contributed by atoms with E-state index in [4.69, 9.17) is 4.42 Å². The van der Waals surface area contributed by atoms with Gasteiger partial charge in [0.25, 0.3) is 0 Å². The van der Waals surface area contributed by atoms with Gasteiger partial charge in [-0.25, -0.2) is 0 Å². The van der Waals surface area contributed by atoms with E-state index in [1.807, 2.05) is 58.0 Å². The molecule has 1 aromatic carbocycles. The summed E-state index contributed by atoms with van der Waals surface area (Å²) in [5.74, 6) is 1.44. The first kappa shape index (κ1) is 21.7. The van der Waals surface area contributed by atoms with Gasteiger partial charge in [-0.1, -0.05) is 51.1 Å². The SMILES string of the molecule is CCCN(CC(=O)N(CCc1ccccc1)Cc1ccc(C)o1)C(=O)C(C)C. The Morgan fingerprint density at radius 3 is 2.29 bits per heavy atom. The average molecular weight is 385 g/mol. The topological polar surface area (TPSA) is 53.8 Å². The van der Waals surface area contributed by atoms with Gasteiger partial charge in [-0.3, -0.25) is 9.59 Å². The lowest BCUT2D eigenvalue weighted by molar-refractivity contribution is -0.142. The van der Waals surface area contributed by atoms with Gasteiger partial charge >= 0.3 is 0 Å². The molecule has 2 amide bonds. The zero-order chi connectivity index (χ0) is 20.5. The number of furan rings is 1. The second-order valence-electron chi connectivity index (χ2n) is 7.48. The summed E-state index contributed by atoms with van der Waals surface area (Å²) in [6, 6.07) is 13.9. The molecule has 0 radical (unpaired) electrons. The van der Waals surface area contributed by atoms with Crippen LogP contribution < -0.4 is 0 Å². The maximum Gasteiger partial charge on any atom is 0.242 e. The van der Waals surface area contributed by atoms with Crippen LogP contribution in [0.2, 0.25) is 0 Å². The van der Waals surface area contributed by atoms with Crippen LogP contribution in [0.1, 0.15) is 44.3 Å². The van der Waals surface area contributed by atoms with Gasteiger partial charge in [0, 0.05) is 19.0 Å². The molecule has 5 heteroatoms. The highest BCUT2D eigenvalue weighted by Crippen LogP contribution is 2.12. The molecule has 0 saturated heterocycles. The molecule has 5 nitrogen and oxygen atoms in total. The van der Waals surface area contributed by atoms with Crippen molar-refractivity contribution in [3.05, 3.63) is 59.5 Å². The first-order valence-corrected chi connectivity index (χ1v) is 10.1. The fourth-order valence-electron chi connectivity index (χ4n) is 3.12. The van der Waals surface area contributed by atoms with Crippen molar-refractivity contribution in [2.45, 2.75) is 47.1 Å². The van der Waals surface area contributed by atoms with E-state index in [2.05, 4.69) is 12.1 Å². The zero-order valence-corrected chi connectivity index (χ0v) is 17.5. The molecule has 0 aliphatic rings. The van der Waals surface area contributed by atoms with Crippen molar-refractivity contribution >= 4 is 11.8 Å². The molecule has 0 aliphatic heterocycles. The Labute approximate surface area is 168 Å².